The Morgan fingerprint density at radius 2 is 2.32 bits per heavy atom. The number of carbonyl (C=O) groups is 2. The summed E-state index contributed by atoms with van der Waals surface area (Å²) in [6.07, 6.45) is 0.602. The molecular weight excluding hydrogens is 316 g/mol. The number of esters is 1. The lowest BCUT2D eigenvalue weighted by Gasteiger charge is -2.16. The molecule has 0 bridgehead atoms. The van der Waals surface area contributed by atoms with E-state index in [4.69, 9.17) is 14.2 Å². The molecular formula is C13H13BrO5. The van der Waals surface area contributed by atoms with Gasteiger partial charge in [0, 0.05) is 12.0 Å². The van der Waals surface area contributed by atoms with E-state index >= 15 is 0 Å². The zero-order valence-electron chi connectivity index (χ0n) is 10.3. The number of carbonyl (C=O) groups excluding carboxylic acids is 2. The molecule has 1 heterocycles. The molecule has 0 saturated carbocycles. The first-order valence-electron chi connectivity index (χ1n) is 5.90. The van der Waals surface area contributed by atoms with Gasteiger partial charge in [0.15, 0.2) is 17.6 Å². The van der Waals surface area contributed by atoms with Crippen LogP contribution in [-0.2, 0) is 9.53 Å². The van der Waals surface area contributed by atoms with E-state index in [9.17, 15) is 9.59 Å². The number of halogens is 1. The molecule has 6 heteroatoms. The summed E-state index contributed by atoms with van der Waals surface area (Å²) in [6, 6.07) is 3.20. The molecule has 0 spiro atoms. The molecule has 1 unspecified atom stereocenters. The van der Waals surface area contributed by atoms with Crippen molar-refractivity contribution in [3.8, 4) is 11.5 Å². The van der Waals surface area contributed by atoms with Crippen molar-refractivity contribution in [3.05, 3.63) is 22.2 Å². The molecule has 1 saturated heterocycles. The fourth-order valence-electron chi connectivity index (χ4n) is 1.76. The SMILES string of the molecule is CCOc1cc(C=O)cc(Br)c1OC1CCOC1=O. The third-order valence-electron chi connectivity index (χ3n) is 2.62. The number of cyclic esters (lactones) is 1. The van der Waals surface area contributed by atoms with E-state index in [1.165, 1.54) is 0 Å². The van der Waals surface area contributed by atoms with Gasteiger partial charge in [-0.2, -0.15) is 0 Å². The molecule has 1 aromatic carbocycles. The number of ether oxygens (including phenoxy) is 3. The average molecular weight is 329 g/mol. The number of hydrogen-bond donors (Lipinski definition) is 0. The van der Waals surface area contributed by atoms with E-state index in [2.05, 4.69) is 15.9 Å². The van der Waals surface area contributed by atoms with Gasteiger partial charge < -0.3 is 14.2 Å². The van der Waals surface area contributed by atoms with Gasteiger partial charge in [-0.15, -0.1) is 0 Å². The van der Waals surface area contributed by atoms with Gasteiger partial charge in [-0.05, 0) is 35.0 Å². The summed E-state index contributed by atoms with van der Waals surface area (Å²) in [5.41, 5.74) is 0.469. The lowest BCUT2D eigenvalue weighted by Crippen LogP contribution is -2.22. The predicted octanol–water partition coefficient (Wildman–Crippen LogP) is 2.35. The van der Waals surface area contributed by atoms with Gasteiger partial charge >= 0.3 is 5.97 Å². The van der Waals surface area contributed by atoms with E-state index < -0.39 is 6.10 Å². The van der Waals surface area contributed by atoms with Crippen LogP contribution >= 0.6 is 15.9 Å². The molecule has 1 aliphatic heterocycles. The summed E-state index contributed by atoms with van der Waals surface area (Å²) in [7, 11) is 0. The molecule has 0 N–H and O–H groups in total. The fourth-order valence-corrected chi connectivity index (χ4v) is 2.31. The molecule has 0 aromatic heterocycles. The van der Waals surface area contributed by atoms with Gasteiger partial charge in [0.05, 0.1) is 17.7 Å². The number of aldehydes is 1. The van der Waals surface area contributed by atoms with Gasteiger partial charge in [0.2, 0.25) is 0 Å². The van der Waals surface area contributed by atoms with Crippen LogP contribution in [0.2, 0.25) is 0 Å². The smallest absolute Gasteiger partial charge is 0.347 e. The molecule has 2 rings (SSSR count). The second kappa shape index (κ2) is 6.06. The Kier molecular flexibility index (Phi) is 4.42. The monoisotopic (exact) mass is 328 g/mol. The Hall–Kier alpha value is -1.56. The van der Waals surface area contributed by atoms with Crippen LogP contribution in [0, 0.1) is 0 Å². The van der Waals surface area contributed by atoms with Gasteiger partial charge in [0.25, 0.3) is 0 Å². The first-order chi connectivity index (χ1) is 9.15. The summed E-state index contributed by atoms with van der Waals surface area (Å²) in [5, 5.41) is 0. The third kappa shape index (κ3) is 3.07. The largest absolute Gasteiger partial charge is 0.490 e. The van der Waals surface area contributed by atoms with Crippen molar-refractivity contribution in [1.82, 2.24) is 0 Å². The molecule has 0 amide bonds. The average Bonchev–Trinajstić information content (AvgIpc) is 2.79. The van der Waals surface area contributed by atoms with Gasteiger partial charge in [-0.1, -0.05) is 0 Å². The zero-order chi connectivity index (χ0) is 13.8. The van der Waals surface area contributed by atoms with Gasteiger partial charge in [-0.3, -0.25) is 4.79 Å². The minimum atomic E-state index is -0.627. The minimum absolute atomic E-state index is 0.359. The van der Waals surface area contributed by atoms with Gasteiger partial charge in [-0.25, -0.2) is 4.79 Å². The molecule has 19 heavy (non-hydrogen) atoms. The van der Waals surface area contributed by atoms with Crippen LogP contribution < -0.4 is 9.47 Å². The number of benzene rings is 1. The lowest BCUT2D eigenvalue weighted by atomic mass is 10.2. The Morgan fingerprint density at radius 3 is 2.89 bits per heavy atom. The van der Waals surface area contributed by atoms with Crippen LogP contribution in [0.5, 0.6) is 11.5 Å². The van der Waals surface area contributed by atoms with Crippen molar-refractivity contribution in [1.29, 1.82) is 0 Å². The van der Waals surface area contributed by atoms with Crippen LogP contribution in [0.4, 0.5) is 0 Å². The Labute approximate surface area is 119 Å². The van der Waals surface area contributed by atoms with Crippen LogP contribution in [0.3, 0.4) is 0 Å². The third-order valence-corrected chi connectivity index (χ3v) is 3.20. The molecule has 1 aromatic rings. The van der Waals surface area contributed by atoms with Crippen molar-refractivity contribution < 1.29 is 23.8 Å². The maximum atomic E-state index is 11.4. The maximum absolute atomic E-state index is 11.4. The quantitative estimate of drug-likeness (QED) is 0.613. The maximum Gasteiger partial charge on any atom is 0.347 e. The van der Waals surface area contributed by atoms with E-state index in [0.29, 0.717) is 41.2 Å². The highest BCUT2D eigenvalue weighted by molar-refractivity contribution is 9.10. The first kappa shape index (κ1) is 13.9. The van der Waals surface area contributed by atoms with Crippen molar-refractivity contribution >= 4 is 28.2 Å². The predicted molar refractivity (Wildman–Crippen MR) is 70.7 cm³/mol. The second-order valence-electron chi connectivity index (χ2n) is 3.94. The van der Waals surface area contributed by atoms with E-state index in [1.807, 2.05) is 6.92 Å². The summed E-state index contributed by atoms with van der Waals surface area (Å²) < 4.78 is 16.5. The fraction of sp³-hybridized carbons (Fsp3) is 0.385. The van der Waals surface area contributed by atoms with Crippen LogP contribution in [0.15, 0.2) is 16.6 Å². The second-order valence-corrected chi connectivity index (χ2v) is 4.80. The highest BCUT2D eigenvalue weighted by Crippen LogP contribution is 2.38. The Bertz CT molecular complexity index is 500. The summed E-state index contributed by atoms with van der Waals surface area (Å²) in [6.45, 7) is 2.62. The Balaban J connectivity index is 2.31. The Morgan fingerprint density at radius 1 is 1.53 bits per heavy atom. The summed E-state index contributed by atoms with van der Waals surface area (Å²) >= 11 is 3.32. The molecule has 1 atom stereocenters. The lowest BCUT2D eigenvalue weighted by molar-refractivity contribution is -0.143. The molecule has 0 aliphatic carbocycles. The highest BCUT2D eigenvalue weighted by Gasteiger charge is 2.30. The van der Waals surface area contributed by atoms with Crippen molar-refractivity contribution in [2.24, 2.45) is 0 Å². The van der Waals surface area contributed by atoms with E-state index in [0.717, 1.165) is 6.29 Å². The van der Waals surface area contributed by atoms with E-state index in [1.54, 1.807) is 12.1 Å². The zero-order valence-corrected chi connectivity index (χ0v) is 11.9. The highest BCUT2D eigenvalue weighted by atomic mass is 79.9. The van der Waals surface area contributed by atoms with Crippen LogP contribution in [0.25, 0.3) is 0 Å². The van der Waals surface area contributed by atoms with Crippen molar-refractivity contribution in [3.63, 3.8) is 0 Å². The molecule has 0 radical (unpaired) electrons. The molecule has 1 fully saturated rings. The molecule has 102 valence electrons. The summed E-state index contributed by atoms with van der Waals surface area (Å²) in [5.74, 6) is 0.462. The minimum Gasteiger partial charge on any atom is -0.490 e. The topological polar surface area (TPSA) is 61.8 Å². The molecule has 1 aliphatic rings. The van der Waals surface area contributed by atoms with Crippen molar-refractivity contribution in [2.45, 2.75) is 19.4 Å². The number of hydrogen-bond acceptors (Lipinski definition) is 5. The first-order valence-corrected chi connectivity index (χ1v) is 6.69. The normalized spacial score (nSPS) is 18.0. The van der Waals surface area contributed by atoms with Crippen molar-refractivity contribution in [2.75, 3.05) is 13.2 Å². The number of rotatable bonds is 5. The van der Waals surface area contributed by atoms with Crippen LogP contribution in [-0.4, -0.2) is 31.6 Å². The van der Waals surface area contributed by atoms with E-state index in [-0.39, 0.29) is 5.97 Å². The molecule has 5 nitrogen and oxygen atoms in total. The summed E-state index contributed by atoms with van der Waals surface area (Å²) in [4.78, 5) is 22.3. The standard InChI is InChI=1S/C13H13BrO5/c1-2-17-11-6-8(7-15)5-9(14)12(11)19-10-3-4-18-13(10)16/h5-7,10H,2-4H2,1H3. The van der Waals surface area contributed by atoms with Crippen LogP contribution in [0.1, 0.15) is 23.7 Å². The van der Waals surface area contributed by atoms with Gasteiger partial charge in [0.1, 0.15) is 6.29 Å².